The number of sulfone groups is 1. The molecule has 0 aliphatic carbocycles. The van der Waals surface area contributed by atoms with Gasteiger partial charge in [-0.2, -0.15) is 8.42 Å². The van der Waals surface area contributed by atoms with Crippen molar-refractivity contribution in [2.75, 3.05) is 16.8 Å². The molecule has 4 N–H and O–H groups in total. The van der Waals surface area contributed by atoms with Crippen molar-refractivity contribution in [3.05, 3.63) is 29.7 Å². The molecule has 0 atom stereocenters. The second-order valence-electron chi connectivity index (χ2n) is 4.30. The van der Waals surface area contributed by atoms with Crippen molar-refractivity contribution >= 4 is 37.2 Å². The third kappa shape index (κ3) is 5.47. The first-order valence-corrected chi connectivity index (χ1v) is 9.27. The molecule has 0 aliphatic rings. The van der Waals surface area contributed by atoms with Crippen LogP contribution in [0.3, 0.4) is 0 Å². The minimum absolute atomic E-state index is 0.0687. The number of nitrogen functional groups attached to an aromatic ring is 1. The summed E-state index contributed by atoms with van der Waals surface area (Å²) in [6.45, 7) is 1.48. The topological polar surface area (TPSA) is 144 Å². The van der Waals surface area contributed by atoms with Crippen molar-refractivity contribution in [3.63, 3.8) is 0 Å². The largest absolute Gasteiger partial charge is 0.398 e. The van der Waals surface area contributed by atoms with E-state index in [4.69, 9.17) is 10.3 Å². The number of nitrogens with one attached hydrogen (secondary N) is 1. The maximum absolute atomic E-state index is 11.6. The molecular weight excluding hydrogens is 332 g/mol. The van der Waals surface area contributed by atoms with Crippen LogP contribution in [-0.2, 0) is 24.7 Å². The fraction of sp³-hybridized carbons (Fsp3) is 0.250. The Morgan fingerprint density at radius 1 is 1.32 bits per heavy atom. The van der Waals surface area contributed by atoms with Crippen LogP contribution in [0, 0.1) is 0 Å². The Labute approximate surface area is 128 Å². The quantitative estimate of drug-likeness (QED) is 0.509. The number of carbonyl (C=O) groups is 1. The van der Waals surface area contributed by atoms with E-state index >= 15 is 0 Å². The van der Waals surface area contributed by atoms with Crippen molar-refractivity contribution in [3.8, 4) is 0 Å². The van der Waals surface area contributed by atoms with Crippen LogP contribution >= 0.6 is 0 Å². The summed E-state index contributed by atoms with van der Waals surface area (Å²) in [5.41, 5.74) is 5.37. The van der Waals surface area contributed by atoms with E-state index in [-0.39, 0.29) is 23.5 Å². The molecule has 0 saturated carbocycles. The average molecular weight is 348 g/mol. The number of anilines is 2. The van der Waals surface area contributed by atoms with Gasteiger partial charge in [0.05, 0.1) is 11.4 Å². The highest BCUT2D eigenvalue weighted by molar-refractivity contribution is 7.94. The molecule has 1 aromatic carbocycles. The van der Waals surface area contributed by atoms with Gasteiger partial charge in [0.15, 0.2) is 9.84 Å². The minimum Gasteiger partial charge on any atom is -0.398 e. The minimum atomic E-state index is -4.50. The van der Waals surface area contributed by atoms with Crippen LogP contribution in [0.2, 0.25) is 0 Å². The summed E-state index contributed by atoms with van der Waals surface area (Å²) in [6.07, 6.45) is 0.986. The maximum atomic E-state index is 11.6. The summed E-state index contributed by atoms with van der Waals surface area (Å²) < 4.78 is 53.6. The molecule has 1 rings (SSSR count). The van der Waals surface area contributed by atoms with Crippen molar-refractivity contribution in [1.82, 2.24) is 0 Å². The van der Waals surface area contributed by atoms with E-state index in [1.807, 2.05) is 0 Å². The van der Waals surface area contributed by atoms with E-state index in [1.165, 1.54) is 25.1 Å². The van der Waals surface area contributed by atoms with Gasteiger partial charge in [-0.1, -0.05) is 13.0 Å². The molecule has 1 amide bonds. The zero-order valence-corrected chi connectivity index (χ0v) is 13.3. The predicted molar refractivity (Wildman–Crippen MR) is 82.5 cm³/mol. The zero-order valence-electron chi connectivity index (χ0n) is 11.7. The van der Waals surface area contributed by atoms with Crippen molar-refractivity contribution in [2.24, 2.45) is 0 Å². The Kier molecular flexibility index (Phi) is 5.69. The molecule has 0 fully saturated rings. The van der Waals surface area contributed by atoms with Gasteiger partial charge >= 0.3 is 0 Å². The first-order chi connectivity index (χ1) is 10.0. The maximum Gasteiger partial charge on any atom is 0.296 e. The van der Waals surface area contributed by atoms with E-state index in [9.17, 15) is 21.6 Å². The highest BCUT2D eigenvalue weighted by Gasteiger charge is 2.15. The predicted octanol–water partition coefficient (Wildman–Crippen LogP) is 0.793. The first-order valence-electron chi connectivity index (χ1n) is 6.11. The summed E-state index contributed by atoms with van der Waals surface area (Å²) in [6, 6.07) is 3.58. The lowest BCUT2D eigenvalue weighted by atomic mass is 10.2. The van der Waals surface area contributed by atoms with Crippen LogP contribution in [0.15, 0.2) is 34.6 Å². The molecule has 0 aromatic heterocycles. The van der Waals surface area contributed by atoms with Crippen molar-refractivity contribution in [2.45, 2.75) is 18.2 Å². The molecule has 10 heteroatoms. The van der Waals surface area contributed by atoms with E-state index in [1.54, 1.807) is 0 Å². The molecule has 0 bridgehead atoms. The lowest BCUT2D eigenvalue weighted by molar-refractivity contribution is -0.115. The van der Waals surface area contributed by atoms with Gasteiger partial charge in [0.1, 0.15) is 4.90 Å². The average Bonchev–Trinajstić information content (AvgIpc) is 2.39. The molecule has 0 heterocycles. The lowest BCUT2D eigenvalue weighted by Gasteiger charge is -2.07. The van der Waals surface area contributed by atoms with E-state index < -0.39 is 30.8 Å². The third-order valence-corrected chi connectivity index (χ3v) is 4.91. The van der Waals surface area contributed by atoms with Gasteiger partial charge < -0.3 is 11.1 Å². The van der Waals surface area contributed by atoms with Crippen molar-refractivity contribution in [1.29, 1.82) is 0 Å². The lowest BCUT2D eigenvalue weighted by Crippen LogP contribution is -2.12. The number of nitrogens with two attached hydrogens (primary N) is 1. The zero-order chi connectivity index (χ0) is 17.0. The summed E-state index contributed by atoms with van der Waals surface area (Å²) >= 11 is 0. The molecule has 0 radical (unpaired) electrons. The molecule has 0 saturated heterocycles. The summed E-state index contributed by atoms with van der Waals surface area (Å²) in [5.74, 6) is -0.616. The van der Waals surface area contributed by atoms with Crippen LogP contribution in [0.4, 0.5) is 11.4 Å². The Balaban J connectivity index is 2.82. The Morgan fingerprint density at radius 3 is 2.50 bits per heavy atom. The number of hydrogen-bond acceptors (Lipinski definition) is 6. The summed E-state index contributed by atoms with van der Waals surface area (Å²) in [5, 5.41) is 3.31. The second kappa shape index (κ2) is 6.90. The molecule has 0 aliphatic heterocycles. The molecule has 0 spiro atoms. The first kappa shape index (κ1) is 18.1. The number of amides is 1. The summed E-state index contributed by atoms with van der Waals surface area (Å²) in [4.78, 5) is 11.1. The van der Waals surface area contributed by atoms with E-state index in [0.29, 0.717) is 0 Å². The molecule has 1 aromatic rings. The number of benzene rings is 1. The van der Waals surface area contributed by atoms with Gasteiger partial charge in [-0.05, 0) is 18.2 Å². The van der Waals surface area contributed by atoms with Crippen LogP contribution in [0.5, 0.6) is 0 Å². The number of rotatable bonds is 6. The molecule has 122 valence electrons. The SMILES string of the molecule is CCS(=O)(=O)C=CCC(=O)Nc1ccc(N)c(S(=O)(=O)O)c1. The van der Waals surface area contributed by atoms with Crippen molar-refractivity contribution < 1.29 is 26.2 Å². The normalized spacial score (nSPS) is 12.5. The van der Waals surface area contributed by atoms with Crippen LogP contribution in [-0.4, -0.2) is 33.0 Å². The third-order valence-electron chi connectivity index (χ3n) is 2.58. The number of carbonyl (C=O) groups excluding carboxylic acids is 1. The van der Waals surface area contributed by atoms with Gasteiger partial charge in [0.2, 0.25) is 5.91 Å². The fourth-order valence-corrected chi connectivity index (χ4v) is 2.67. The monoisotopic (exact) mass is 348 g/mol. The standard InChI is InChI=1S/C12H16N2O6S2/c1-2-21(16,17)7-3-4-12(15)14-9-5-6-10(13)11(8-9)22(18,19)20/h3,5-8H,2,4,13H2,1H3,(H,14,15)(H,18,19,20). The molecule has 8 nitrogen and oxygen atoms in total. The highest BCUT2D eigenvalue weighted by atomic mass is 32.2. The van der Waals surface area contributed by atoms with Crippen LogP contribution in [0.1, 0.15) is 13.3 Å². The Hall–Kier alpha value is -1.91. The van der Waals surface area contributed by atoms with Gasteiger partial charge in [-0.15, -0.1) is 0 Å². The smallest absolute Gasteiger partial charge is 0.296 e. The highest BCUT2D eigenvalue weighted by Crippen LogP contribution is 2.22. The Morgan fingerprint density at radius 2 is 1.95 bits per heavy atom. The fourth-order valence-electron chi connectivity index (χ4n) is 1.45. The van der Waals surface area contributed by atoms with Gasteiger partial charge in [0.25, 0.3) is 10.1 Å². The van der Waals surface area contributed by atoms with Gasteiger partial charge in [-0.25, -0.2) is 8.42 Å². The molecule has 22 heavy (non-hydrogen) atoms. The summed E-state index contributed by atoms with van der Waals surface area (Å²) in [7, 11) is -7.81. The molecular formula is C12H16N2O6S2. The van der Waals surface area contributed by atoms with Gasteiger partial charge in [0, 0.05) is 17.5 Å². The van der Waals surface area contributed by atoms with Gasteiger partial charge in [-0.3, -0.25) is 9.35 Å². The number of hydrogen-bond donors (Lipinski definition) is 3. The van der Waals surface area contributed by atoms with E-state index in [0.717, 1.165) is 11.5 Å². The second-order valence-corrected chi connectivity index (χ2v) is 7.87. The van der Waals surface area contributed by atoms with Crippen LogP contribution in [0.25, 0.3) is 0 Å². The van der Waals surface area contributed by atoms with Crippen LogP contribution < -0.4 is 11.1 Å². The van der Waals surface area contributed by atoms with E-state index in [2.05, 4.69) is 5.32 Å². The Bertz CT molecular complexity index is 797. The molecule has 0 unspecified atom stereocenters.